The first kappa shape index (κ1) is 15.8. The van der Waals surface area contributed by atoms with Gasteiger partial charge in [0.05, 0.1) is 12.7 Å². The zero-order chi connectivity index (χ0) is 14.4. The van der Waals surface area contributed by atoms with Gasteiger partial charge >= 0.3 is 0 Å². The zero-order valence-corrected chi connectivity index (χ0v) is 13.5. The molecule has 2 rings (SSSR count). The van der Waals surface area contributed by atoms with Crippen LogP contribution >= 0.6 is 15.9 Å². The van der Waals surface area contributed by atoms with Gasteiger partial charge < -0.3 is 20.1 Å². The van der Waals surface area contributed by atoms with Crippen molar-refractivity contribution in [1.82, 2.24) is 5.32 Å². The second-order valence-corrected chi connectivity index (χ2v) is 6.04. The Balaban J connectivity index is 1.94. The molecule has 1 aliphatic rings. The number of ether oxygens (including phenoxy) is 1. The number of aliphatic hydroxyl groups excluding tert-OH is 1. The Hall–Kier alpha value is -0.620. The second kappa shape index (κ2) is 7.98. The summed E-state index contributed by atoms with van der Waals surface area (Å²) in [6.07, 6.45) is 1.77. The Bertz CT molecular complexity index is 428. The average molecular weight is 343 g/mol. The van der Waals surface area contributed by atoms with Gasteiger partial charge in [-0.2, -0.15) is 0 Å². The molecule has 20 heavy (non-hydrogen) atoms. The van der Waals surface area contributed by atoms with Crippen molar-refractivity contribution in [1.29, 1.82) is 0 Å². The minimum absolute atomic E-state index is 0.196. The second-order valence-electron chi connectivity index (χ2n) is 5.19. The van der Waals surface area contributed by atoms with Gasteiger partial charge in [-0.3, -0.25) is 0 Å². The molecule has 1 unspecified atom stereocenters. The fraction of sp³-hybridized carbons (Fsp3) is 0.600. The molecule has 112 valence electrons. The zero-order valence-electron chi connectivity index (χ0n) is 11.9. The Morgan fingerprint density at radius 2 is 2.35 bits per heavy atom. The van der Waals surface area contributed by atoms with Crippen LogP contribution < -0.4 is 10.2 Å². The number of nitrogens with one attached hydrogen (secondary N) is 1. The van der Waals surface area contributed by atoms with Crippen LogP contribution in [-0.2, 0) is 11.3 Å². The van der Waals surface area contributed by atoms with E-state index in [1.807, 2.05) is 0 Å². The lowest BCUT2D eigenvalue weighted by Gasteiger charge is -2.32. The fourth-order valence-electron chi connectivity index (χ4n) is 2.46. The molecule has 0 radical (unpaired) electrons. The lowest BCUT2D eigenvalue weighted by molar-refractivity contribution is 0.154. The van der Waals surface area contributed by atoms with Gasteiger partial charge in [-0.1, -0.05) is 22.0 Å². The molecule has 0 saturated carbocycles. The third kappa shape index (κ3) is 4.45. The maximum absolute atomic E-state index is 9.76. The molecule has 5 heteroatoms. The predicted molar refractivity (Wildman–Crippen MR) is 85.2 cm³/mol. The van der Waals surface area contributed by atoms with Crippen LogP contribution in [0.4, 0.5) is 5.69 Å². The first-order chi connectivity index (χ1) is 9.70. The van der Waals surface area contributed by atoms with Crippen LogP contribution in [0.15, 0.2) is 22.7 Å². The van der Waals surface area contributed by atoms with Crippen LogP contribution in [0, 0.1) is 0 Å². The molecule has 0 aliphatic carbocycles. The number of piperidine rings is 1. The van der Waals surface area contributed by atoms with Gasteiger partial charge in [0.25, 0.3) is 0 Å². The first-order valence-electron chi connectivity index (χ1n) is 7.12. The molecule has 0 amide bonds. The highest BCUT2D eigenvalue weighted by atomic mass is 79.9. The lowest BCUT2D eigenvalue weighted by Crippen LogP contribution is -2.38. The van der Waals surface area contributed by atoms with Crippen molar-refractivity contribution in [2.45, 2.75) is 25.5 Å². The van der Waals surface area contributed by atoms with E-state index in [-0.39, 0.29) is 6.10 Å². The Morgan fingerprint density at radius 3 is 3.05 bits per heavy atom. The Morgan fingerprint density at radius 1 is 1.50 bits per heavy atom. The van der Waals surface area contributed by atoms with Gasteiger partial charge in [-0.25, -0.2) is 0 Å². The van der Waals surface area contributed by atoms with Crippen LogP contribution in [0.25, 0.3) is 0 Å². The van der Waals surface area contributed by atoms with Crippen LogP contribution in [0.3, 0.4) is 0 Å². The molecule has 0 bridgehead atoms. The van der Waals surface area contributed by atoms with E-state index in [2.05, 4.69) is 44.3 Å². The number of rotatable bonds is 6. The number of β-amino-alcohol motifs (C(OH)–C–C–N with tert-alkyl or cyclic N) is 1. The van der Waals surface area contributed by atoms with Crippen molar-refractivity contribution in [3.63, 3.8) is 0 Å². The summed E-state index contributed by atoms with van der Waals surface area (Å²) in [5.41, 5.74) is 2.42. The minimum Gasteiger partial charge on any atom is -0.391 e. The third-order valence-corrected chi connectivity index (χ3v) is 4.33. The average Bonchev–Trinajstić information content (AvgIpc) is 2.45. The molecule has 1 aromatic carbocycles. The van der Waals surface area contributed by atoms with Crippen LogP contribution in [0.5, 0.6) is 0 Å². The number of benzene rings is 1. The maximum Gasteiger partial charge on any atom is 0.0715 e. The standard InChI is InChI=1S/C15H23BrN2O2/c1-20-8-6-17-10-12-4-5-13(9-15(12)16)18-7-2-3-14(19)11-18/h4-5,9,14,17,19H,2-3,6-8,10-11H2,1H3. The van der Waals surface area contributed by atoms with Crippen molar-refractivity contribution in [3.05, 3.63) is 28.2 Å². The van der Waals surface area contributed by atoms with Gasteiger partial charge in [0.15, 0.2) is 0 Å². The van der Waals surface area contributed by atoms with Gasteiger partial charge in [0.1, 0.15) is 0 Å². The van der Waals surface area contributed by atoms with Crippen molar-refractivity contribution in [2.75, 3.05) is 38.3 Å². The quantitative estimate of drug-likeness (QED) is 0.777. The van der Waals surface area contributed by atoms with Gasteiger partial charge in [-0.05, 0) is 30.5 Å². The highest BCUT2D eigenvalue weighted by Crippen LogP contribution is 2.26. The first-order valence-corrected chi connectivity index (χ1v) is 7.91. The number of hydrogen-bond donors (Lipinski definition) is 2. The van der Waals surface area contributed by atoms with Crippen molar-refractivity contribution in [3.8, 4) is 0 Å². The molecular weight excluding hydrogens is 320 g/mol. The molecule has 0 spiro atoms. The van der Waals surface area contributed by atoms with Crippen molar-refractivity contribution < 1.29 is 9.84 Å². The molecule has 1 heterocycles. The van der Waals surface area contributed by atoms with Crippen LogP contribution in [0.1, 0.15) is 18.4 Å². The Kier molecular flexibility index (Phi) is 6.29. The monoisotopic (exact) mass is 342 g/mol. The topological polar surface area (TPSA) is 44.7 Å². The smallest absolute Gasteiger partial charge is 0.0715 e. The molecule has 1 aromatic rings. The summed E-state index contributed by atoms with van der Waals surface area (Å²) in [6, 6.07) is 6.42. The maximum atomic E-state index is 9.76. The van der Waals surface area contributed by atoms with E-state index in [1.54, 1.807) is 7.11 Å². The summed E-state index contributed by atoms with van der Waals surface area (Å²) in [6.45, 7) is 4.16. The van der Waals surface area contributed by atoms with E-state index in [0.717, 1.165) is 50.1 Å². The SMILES string of the molecule is COCCNCc1ccc(N2CCCC(O)C2)cc1Br. The molecule has 4 nitrogen and oxygen atoms in total. The van der Waals surface area contributed by atoms with Gasteiger partial charge in [0, 0.05) is 43.4 Å². The number of methoxy groups -OCH3 is 1. The normalized spacial score (nSPS) is 19.4. The van der Waals surface area contributed by atoms with Gasteiger partial charge in [-0.15, -0.1) is 0 Å². The molecular formula is C15H23BrN2O2. The van der Waals surface area contributed by atoms with E-state index in [1.165, 1.54) is 11.3 Å². The summed E-state index contributed by atoms with van der Waals surface area (Å²) in [5, 5.41) is 13.1. The Labute approximate surface area is 129 Å². The molecule has 0 aromatic heterocycles. The van der Waals surface area contributed by atoms with E-state index in [0.29, 0.717) is 0 Å². The highest BCUT2D eigenvalue weighted by Gasteiger charge is 2.18. The third-order valence-electron chi connectivity index (χ3n) is 3.60. The molecule has 1 saturated heterocycles. The summed E-state index contributed by atoms with van der Waals surface area (Å²) >= 11 is 3.64. The van der Waals surface area contributed by atoms with Crippen molar-refractivity contribution >= 4 is 21.6 Å². The summed E-state index contributed by atoms with van der Waals surface area (Å²) in [5.74, 6) is 0. The number of halogens is 1. The fourth-order valence-corrected chi connectivity index (χ4v) is 2.97. The van der Waals surface area contributed by atoms with E-state index < -0.39 is 0 Å². The number of hydrogen-bond acceptors (Lipinski definition) is 4. The van der Waals surface area contributed by atoms with E-state index in [9.17, 15) is 5.11 Å². The minimum atomic E-state index is -0.196. The molecule has 1 aliphatic heterocycles. The van der Waals surface area contributed by atoms with Crippen LogP contribution in [-0.4, -0.2) is 44.6 Å². The summed E-state index contributed by atoms with van der Waals surface area (Å²) < 4.78 is 6.13. The summed E-state index contributed by atoms with van der Waals surface area (Å²) in [4.78, 5) is 2.25. The number of nitrogens with zero attached hydrogens (tertiary/aromatic N) is 1. The van der Waals surface area contributed by atoms with Gasteiger partial charge in [0.2, 0.25) is 0 Å². The molecule has 1 atom stereocenters. The number of anilines is 1. The molecule has 1 fully saturated rings. The largest absolute Gasteiger partial charge is 0.391 e. The number of aliphatic hydroxyl groups is 1. The van der Waals surface area contributed by atoms with E-state index in [4.69, 9.17) is 4.74 Å². The summed E-state index contributed by atoms with van der Waals surface area (Å²) in [7, 11) is 1.71. The van der Waals surface area contributed by atoms with Crippen molar-refractivity contribution in [2.24, 2.45) is 0 Å². The van der Waals surface area contributed by atoms with E-state index >= 15 is 0 Å². The van der Waals surface area contributed by atoms with Crippen LogP contribution in [0.2, 0.25) is 0 Å². The highest BCUT2D eigenvalue weighted by molar-refractivity contribution is 9.10. The predicted octanol–water partition coefficient (Wildman–Crippen LogP) is 2.15. The molecule has 2 N–H and O–H groups in total. The lowest BCUT2D eigenvalue weighted by atomic mass is 10.1.